The van der Waals surface area contributed by atoms with Gasteiger partial charge in [-0.2, -0.15) is 0 Å². The van der Waals surface area contributed by atoms with Crippen LogP contribution in [0.25, 0.3) is 0 Å². The Bertz CT molecular complexity index is 703. The molecule has 0 fully saturated rings. The van der Waals surface area contributed by atoms with Crippen LogP contribution in [0.2, 0.25) is 0 Å². The molecule has 1 unspecified atom stereocenters. The summed E-state index contributed by atoms with van der Waals surface area (Å²) in [6.45, 7) is 1.72. The van der Waals surface area contributed by atoms with E-state index >= 15 is 0 Å². The summed E-state index contributed by atoms with van der Waals surface area (Å²) >= 11 is 0. The zero-order chi connectivity index (χ0) is 18.8. The van der Waals surface area contributed by atoms with Gasteiger partial charge in [-0.25, -0.2) is 0 Å². The number of ether oxygens (including phenoxy) is 2. The van der Waals surface area contributed by atoms with Crippen molar-refractivity contribution in [3.8, 4) is 5.75 Å². The Balaban J connectivity index is 1.87. The number of benzene rings is 1. The van der Waals surface area contributed by atoms with E-state index in [0.29, 0.717) is 26.3 Å². The number of allylic oxidation sites excluding steroid dienone is 4. The van der Waals surface area contributed by atoms with Crippen LogP contribution in [0.5, 0.6) is 5.75 Å². The number of nitrogens with zero attached hydrogens (tertiary/aromatic N) is 2. The summed E-state index contributed by atoms with van der Waals surface area (Å²) < 4.78 is 11.4. The molecule has 1 aliphatic rings. The van der Waals surface area contributed by atoms with E-state index in [1.165, 1.54) is 0 Å². The number of guanidine groups is 2. The van der Waals surface area contributed by atoms with Crippen molar-refractivity contribution in [1.82, 2.24) is 0 Å². The lowest BCUT2D eigenvalue weighted by molar-refractivity contribution is 0.208. The standard InChI is InChI=1S/C18H26N6O2/c19-17(20)23-7-9-25-15-5-1-3-13(11-15)14-4-2-6-16(12-14)26-10-8-24-18(21)22/h1-6,11,14H,7-10,12H2,(H4,19,20,23)(H4,21,22,24). The normalized spacial score (nSPS) is 15.7. The Hall–Kier alpha value is -3.16. The third-order valence-corrected chi connectivity index (χ3v) is 3.66. The van der Waals surface area contributed by atoms with Crippen LogP contribution in [-0.2, 0) is 4.74 Å². The molecule has 8 heteroatoms. The Morgan fingerprint density at radius 1 is 1.00 bits per heavy atom. The van der Waals surface area contributed by atoms with E-state index in [0.717, 1.165) is 23.5 Å². The SMILES string of the molecule is NC(N)=NCCOC1=CC=CC(c2cccc(OCCN=C(N)N)c2)C1. The first kappa shape index (κ1) is 19.2. The first-order valence-corrected chi connectivity index (χ1v) is 8.38. The van der Waals surface area contributed by atoms with Crippen LogP contribution in [0.1, 0.15) is 17.9 Å². The molecule has 140 valence electrons. The van der Waals surface area contributed by atoms with Gasteiger partial charge in [0, 0.05) is 12.3 Å². The Kier molecular flexibility index (Phi) is 7.35. The van der Waals surface area contributed by atoms with E-state index in [9.17, 15) is 0 Å². The lowest BCUT2D eigenvalue weighted by Crippen LogP contribution is -2.23. The van der Waals surface area contributed by atoms with Gasteiger partial charge in [0.05, 0.1) is 18.8 Å². The summed E-state index contributed by atoms with van der Waals surface area (Å²) in [4.78, 5) is 7.80. The molecule has 0 amide bonds. The molecule has 0 aliphatic heterocycles. The quantitative estimate of drug-likeness (QED) is 0.288. The van der Waals surface area contributed by atoms with Crippen LogP contribution < -0.4 is 27.7 Å². The van der Waals surface area contributed by atoms with Gasteiger partial charge >= 0.3 is 0 Å². The molecule has 0 aromatic heterocycles. The molecular formula is C18H26N6O2. The molecular weight excluding hydrogens is 332 g/mol. The van der Waals surface area contributed by atoms with Gasteiger partial charge in [0.2, 0.25) is 0 Å². The summed E-state index contributed by atoms with van der Waals surface area (Å²) in [6.07, 6.45) is 6.87. The number of aliphatic imine (C=N–C) groups is 2. The van der Waals surface area contributed by atoms with Crippen molar-refractivity contribution in [2.24, 2.45) is 32.9 Å². The van der Waals surface area contributed by atoms with Crippen LogP contribution >= 0.6 is 0 Å². The van der Waals surface area contributed by atoms with Gasteiger partial charge in [0.25, 0.3) is 0 Å². The van der Waals surface area contributed by atoms with Gasteiger partial charge in [0.15, 0.2) is 11.9 Å². The smallest absolute Gasteiger partial charge is 0.186 e. The Labute approximate surface area is 153 Å². The van der Waals surface area contributed by atoms with Crippen molar-refractivity contribution in [1.29, 1.82) is 0 Å². The number of hydrogen-bond donors (Lipinski definition) is 4. The molecule has 1 aromatic carbocycles. The summed E-state index contributed by atoms with van der Waals surface area (Å²) in [6, 6.07) is 7.97. The Morgan fingerprint density at radius 2 is 1.69 bits per heavy atom. The maximum Gasteiger partial charge on any atom is 0.186 e. The van der Waals surface area contributed by atoms with E-state index in [1.54, 1.807) is 0 Å². The highest BCUT2D eigenvalue weighted by Gasteiger charge is 2.15. The number of rotatable bonds is 9. The summed E-state index contributed by atoms with van der Waals surface area (Å²) in [5.41, 5.74) is 22.3. The fourth-order valence-corrected chi connectivity index (χ4v) is 2.51. The summed E-state index contributed by atoms with van der Waals surface area (Å²) in [5, 5.41) is 0. The van der Waals surface area contributed by atoms with Gasteiger partial charge in [0.1, 0.15) is 19.0 Å². The second-order valence-electron chi connectivity index (χ2n) is 5.71. The molecule has 0 heterocycles. The largest absolute Gasteiger partial charge is 0.496 e. The molecule has 2 rings (SSSR count). The van der Waals surface area contributed by atoms with Crippen molar-refractivity contribution in [2.75, 3.05) is 26.3 Å². The zero-order valence-electron chi connectivity index (χ0n) is 14.7. The van der Waals surface area contributed by atoms with Crippen molar-refractivity contribution in [2.45, 2.75) is 12.3 Å². The predicted octanol–water partition coefficient (Wildman–Crippen LogP) is 0.556. The van der Waals surface area contributed by atoms with E-state index in [-0.39, 0.29) is 17.8 Å². The van der Waals surface area contributed by atoms with E-state index < -0.39 is 0 Å². The fraction of sp³-hybridized carbons (Fsp3) is 0.333. The molecule has 0 saturated carbocycles. The van der Waals surface area contributed by atoms with Gasteiger partial charge in [-0.05, 0) is 23.8 Å². The van der Waals surface area contributed by atoms with E-state index in [1.807, 2.05) is 30.4 Å². The second kappa shape index (κ2) is 9.97. The van der Waals surface area contributed by atoms with E-state index in [2.05, 4.69) is 22.1 Å². The van der Waals surface area contributed by atoms with Crippen LogP contribution in [0.4, 0.5) is 0 Å². The van der Waals surface area contributed by atoms with Crippen molar-refractivity contribution in [3.63, 3.8) is 0 Å². The first-order valence-electron chi connectivity index (χ1n) is 8.38. The van der Waals surface area contributed by atoms with Crippen LogP contribution in [0.3, 0.4) is 0 Å². The third-order valence-electron chi connectivity index (χ3n) is 3.66. The molecule has 1 atom stereocenters. The van der Waals surface area contributed by atoms with E-state index in [4.69, 9.17) is 32.4 Å². The third kappa shape index (κ3) is 6.76. The summed E-state index contributed by atoms with van der Waals surface area (Å²) in [5.74, 6) is 2.04. The molecule has 8 N–H and O–H groups in total. The maximum atomic E-state index is 5.74. The minimum absolute atomic E-state index is 0.0637. The van der Waals surface area contributed by atoms with Crippen molar-refractivity contribution in [3.05, 3.63) is 53.8 Å². The first-order chi connectivity index (χ1) is 12.5. The molecule has 0 bridgehead atoms. The van der Waals surface area contributed by atoms with Gasteiger partial charge in [-0.15, -0.1) is 0 Å². The predicted molar refractivity (Wildman–Crippen MR) is 104 cm³/mol. The number of hydrogen-bond acceptors (Lipinski definition) is 4. The molecule has 1 aromatic rings. The van der Waals surface area contributed by atoms with Crippen LogP contribution in [0, 0.1) is 0 Å². The topological polar surface area (TPSA) is 147 Å². The average Bonchev–Trinajstić information content (AvgIpc) is 2.63. The van der Waals surface area contributed by atoms with Gasteiger partial charge < -0.3 is 32.4 Å². The highest BCUT2D eigenvalue weighted by atomic mass is 16.5. The van der Waals surface area contributed by atoms with Crippen molar-refractivity contribution >= 4 is 11.9 Å². The molecule has 0 spiro atoms. The fourth-order valence-electron chi connectivity index (χ4n) is 2.51. The molecule has 26 heavy (non-hydrogen) atoms. The maximum absolute atomic E-state index is 5.74. The van der Waals surface area contributed by atoms with Gasteiger partial charge in [-0.1, -0.05) is 24.3 Å². The summed E-state index contributed by atoms with van der Waals surface area (Å²) in [7, 11) is 0. The number of nitrogens with two attached hydrogens (primary N) is 4. The monoisotopic (exact) mass is 358 g/mol. The molecule has 1 aliphatic carbocycles. The zero-order valence-corrected chi connectivity index (χ0v) is 14.7. The van der Waals surface area contributed by atoms with Crippen LogP contribution in [-0.4, -0.2) is 38.2 Å². The lowest BCUT2D eigenvalue weighted by Gasteiger charge is -2.20. The highest BCUT2D eigenvalue weighted by molar-refractivity contribution is 5.75. The Morgan fingerprint density at radius 3 is 2.38 bits per heavy atom. The van der Waals surface area contributed by atoms with Crippen molar-refractivity contribution < 1.29 is 9.47 Å². The minimum Gasteiger partial charge on any atom is -0.496 e. The molecule has 8 nitrogen and oxygen atoms in total. The minimum atomic E-state index is 0.0637. The van der Waals surface area contributed by atoms with Gasteiger partial charge in [-0.3, -0.25) is 9.98 Å². The molecule has 0 saturated heterocycles. The second-order valence-corrected chi connectivity index (χ2v) is 5.71. The molecule has 0 radical (unpaired) electrons. The van der Waals surface area contributed by atoms with Crippen LogP contribution in [0.15, 0.2) is 58.2 Å². The highest BCUT2D eigenvalue weighted by Crippen LogP contribution is 2.30. The lowest BCUT2D eigenvalue weighted by atomic mass is 9.91. The average molecular weight is 358 g/mol.